The van der Waals surface area contributed by atoms with Gasteiger partial charge in [0.2, 0.25) is 0 Å². The number of hydrogen-bond donors (Lipinski definition) is 1. The summed E-state index contributed by atoms with van der Waals surface area (Å²) in [6.45, 7) is 3.30. The van der Waals surface area contributed by atoms with Gasteiger partial charge in [-0.2, -0.15) is 8.42 Å². The predicted octanol–water partition coefficient (Wildman–Crippen LogP) is 1.79. The standard InChI is InChI=1S/C16H23N3O4S/c1-13(11-23-24(3,20)21)19(10-15-8-17-12-18-15)9-14-4-6-16(22-2)7-5-14/h4-8,12-13H,9-11H2,1-3H3,(H,17,18)/t13-/m1/s1. The number of aromatic nitrogens is 2. The van der Waals surface area contributed by atoms with Crippen molar-refractivity contribution in [1.29, 1.82) is 0 Å². The van der Waals surface area contributed by atoms with Gasteiger partial charge in [-0.1, -0.05) is 12.1 Å². The Labute approximate surface area is 142 Å². The largest absolute Gasteiger partial charge is 0.497 e. The summed E-state index contributed by atoms with van der Waals surface area (Å²) in [4.78, 5) is 9.22. The Morgan fingerprint density at radius 3 is 2.50 bits per heavy atom. The van der Waals surface area contributed by atoms with E-state index in [2.05, 4.69) is 14.9 Å². The Kier molecular flexibility index (Phi) is 6.36. The number of ether oxygens (including phenoxy) is 1. The number of nitrogens with one attached hydrogen (secondary N) is 1. The van der Waals surface area contributed by atoms with Crippen molar-refractivity contribution in [1.82, 2.24) is 14.9 Å². The van der Waals surface area contributed by atoms with Crippen LogP contribution in [-0.4, -0.2) is 49.3 Å². The van der Waals surface area contributed by atoms with Crippen LogP contribution < -0.4 is 4.74 Å². The van der Waals surface area contributed by atoms with Crippen LogP contribution in [0.1, 0.15) is 18.2 Å². The van der Waals surface area contributed by atoms with Crippen LogP contribution in [0.2, 0.25) is 0 Å². The molecule has 2 rings (SSSR count). The topological polar surface area (TPSA) is 84.5 Å². The van der Waals surface area contributed by atoms with Gasteiger partial charge in [-0.25, -0.2) is 4.98 Å². The van der Waals surface area contributed by atoms with Crippen LogP contribution in [0.4, 0.5) is 0 Å². The number of imidazole rings is 1. The Bertz CT molecular complexity index is 714. The molecule has 1 aromatic carbocycles. The summed E-state index contributed by atoms with van der Waals surface area (Å²) in [5.74, 6) is 0.798. The van der Waals surface area contributed by atoms with Gasteiger partial charge >= 0.3 is 0 Å². The minimum absolute atomic E-state index is 0.0925. The average Bonchev–Trinajstić information content (AvgIpc) is 3.05. The Hall–Kier alpha value is -1.90. The Morgan fingerprint density at radius 1 is 1.25 bits per heavy atom. The molecule has 1 aromatic heterocycles. The molecule has 0 aliphatic carbocycles. The smallest absolute Gasteiger partial charge is 0.264 e. The fraction of sp³-hybridized carbons (Fsp3) is 0.438. The quantitative estimate of drug-likeness (QED) is 0.692. The van der Waals surface area contributed by atoms with Crippen LogP contribution in [0.25, 0.3) is 0 Å². The van der Waals surface area contributed by atoms with Crippen LogP contribution in [0.15, 0.2) is 36.8 Å². The van der Waals surface area contributed by atoms with Crippen molar-refractivity contribution >= 4 is 10.1 Å². The number of rotatable bonds is 9. The second kappa shape index (κ2) is 8.27. The Morgan fingerprint density at radius 2 is 1.96 bits per heavy atom. The fourth-order valence-corrected chi connectivity index (χ4v) is 2.69. The minimum Gasteiger partial charge on any atom is -0.497 e. The van der Waals surface area contributed by atoms with Gasteiger partial charge in [-0.15, -0.1) is 0 Å². The third-order valence-corrected chi connectivity index (χ3v) is 4.18. The van der Waals surface area contributed by atoms with Crippen molar-refractivity contribution in [3.8, 4) is 5.75 Å². The second-order valence-corrected chi connectivity index (χ2v) is 7.31. The van der Waals surface area contributed by atoms with E-state index in [9.17, 15) is 8.42 Å². The van der Waals surface area contributed by atoms with E-state index in [-0.39, 0.29) is 12.6 Å². The predicted molar refractivity (Wildman–Crippen MR) is 91.1 cm³/mol. The molecule has 0 saturated heterocycles. The van der Waals surface area contributed by atoms with E-state index >= 15 is 0 Å². The fourth-order valence-electron chi connectivity index (χ4n) is 2.25. The maximum absolute atomic E-state index is 11.2. The summed E-state index contributed by atoms with van der Waals surface area (Å²) in [5, 5.41) is 0. The SMILES string of the molecule is COc1ccc(CN(Cc2cnc[nH]2)[C@H](C)COS(C)(=O)=O)cc1. The number of hydrogen-bond acceptors (Lipinski definition) is 6. The first-order chi connectivity index (χ1) is 11.4. The van der Waals surface area contributed by atoms with Gasteiger partial charge in [-0.3, -0.25) is 9.08 Å². The molecule has 0 bridgehead atoms. The number of H-pyrrole nitrogens is 1. The van der Waals surface area contributed by atoms with E-state index in [0.29, 0.717) is 13.1 Å². The molecule has 0 radical (unpaired) electrons. The van der Waals surface area contributed by atoms with Crippen LogP contribution in [-0.2, 0) is 27.4 Å². The van der Waals surface area contributed by atoms with Gasteiger partial charge in [-0.05, 0) is 24.6 Å². The van der Waals surface area contributed by atoms with Crippen molar-refractivity contribution in [2.45, 2.75) is 26.1 Å². The molecule has 132 valence electrons. The molecule has 0 fully saturated rings. The second-order valence-electron chi connectivity index (χ2n) is 5.67. The maximum atomic E-state index is 11.2. The molecule has 1 atom stereocenters. The van der Waals surface area contributed by atoms with Gasteiger partial charge < -0.3 is 9.72 Å². The third kappa shape index (κ3) is 5.95. The first-order valence-corrected chi connectivity index (χ1v) is 9.37. The Balaban J connectivity index is 2.08. The normalized spacial score (nSPS) is 13.2. The molecule has 7 nitrogen and oxygen atoms in total. The molecule has 24 heavy (non-hydrogen) atoms. The molecule has 2 aromatic rings. The van der Waals surface area contributed by atoms with Gasteiger partial charge in [0.15, 0.2) is 0 Å². The van der Waals surface area contributed by atoms with Crippen molar-refractivity contribution in [3.63, 3.8) is 0 Å². The zero-order valence-electron chi connectivity index (χ0n) is 14.1. The average molecular weight is 353 g/mol. The number of aromatic amines is 1. The van der Waals surface area contributed by atoms with E-state index in [1.807, 2.05) is 31.2 Å². The van der Waals surface area contributed by atoms with Crippen molar-refractivity contribution in [2.24, 2.45) is 0 Å². The highest BCUT2D eigenvalue weighted by Crippen LogP contribution is 2.16. The molecule has 0 aliphatic rings. The molecule has 8 heteroatoms. The molecule has 0 saturated carbocycles. The summed E-state index contributed by atoms with van der Waals surface area (Å²) >= 11 is 0. The van der Waals surface area contributed by atoms with E-state index in [4.69, 9.17) is 8.92 Å². The van der Waals surface area contributed by atoms with Gasteiger partial charge in [0.25, 0.3) is 10.1 Å². The lowest BCUT2D eigenvalue weighted by Gasteiger charge is -2.28. The van der Waals surface area contributed by atoms with Crippen LogP contribution >= 0.6 is 0 Å². The first kappa shape index (κ1) is 18.4. The number of nitrogens with zero attached hydrogens (tertiary/aromatic N) is 2. The molecule has 0 aliphatic heterocycles. The van der Waals surface area contributed by atoms with E-state index in [1.54, 1.807) is 19.6 Å². The third-order valence-electron chi connectivity index (χ3n) is 3.62. The molecule has 1 N–H and O–H groups in total. The van der Waals surface area contributed by atoms with Crippen molar-refractivity contribution < 1.29 is 17.3 Å². The molecular formula is C16H23N3O4S. The van der Waals surface area contributed by atoms with E-state index in [0.717, 1.165) is 23.3 Å². The highest BCUT2D eigenvalue weighted by molar-refractivity contribution is 7.85. The van der Waals surface area contributed by atoms with Crippen molar-refractivity contribution in [3.05, 3.63) is 48.0 Å². The summed E-state index contributed by atoms with van der Waals surface area (Å²) < 4.78 is 32.6. The van der Waals surface area contributed by atoms with Crippen LogP contribution in [0, 0.1) is 0 Å². The molecular weight excluding hydrogens is 330 g/mol. The lowest BCUT2D eigenvalue weighted by molar-refractivity contribution is 0.134. The van der Waals surface area contributed by atoms with Crippen LogP contribution in [0.3, 0.4) is 0 Å². The summed E-state index contributed by atoms with van der Waals surface area (Å²) in [6, 6.07) is 7.69. The van der Waals surface area contributed by atoms with E-state index < -0.39 is 10.1 Å². The monoisotopic (exact) mass is 353 g/mol. The molecule has 1 heterocycles. The highest BCUT2D eigenvalue weighted by Gasteiger charge is 2.18. The lowest BCUT2D eigenvalue weighted by atomic mass is 10.1. The zero-order chi connectivity index (χ0) is 17.6. The van der Waals surface area contributed by atoms with Gasteiger partial charge in [0.05, 0.1) is 26.3 Å². The lowest BCUT2D eigenvalue weighted by Crippen LogP contribution is -2.36. The molecule has 0 spiro atoms. The van der Waals surface area contributed by atoms with Crippen molar-refractivity contribution in [2.75, 3.05) is 20.0 Å². The number of methoxy groups -OCH3 is 1. The minimum atomic E-state index is -3.46. The van der Waals surface area contributed by atoms with E-state index in [1.165, 1.54) is 0 Å². The summed E-state index contributed by atoms with van der Waals surface area (Å²) in [7, 11) is -1.83. The van der Waals surface area contributed by atoms with Crippen LogP contribution in [0.5, 0.6) is 5.75 Å². The summed E-state index contributed by atoms with van der Waals surface area (Å²) in [5.41, 5.74) is 2.05. The number of benzene rings is 1. The van der Waals surface area contributed by atoms with Gasteiger partial charge in [0.1, 0.15) is 5.75 Å². The highest BCUT2D eigenvalue weighted by atomic mass is 32.2. The summed E-state index contributed by atoms with van der Waals surface area (Å²) in [6.07, 6.45) is 4.44. The zero-order valence-corrected chi connectivity index (χ0v) is 14.9. The molecule has 0 unspecified atom stereocenters. The van der Waals surface area contributed by atoms with Gasteiger partial charge in [0, 0.05) is 31.0 Å². The maximum Gasteiger partial charge on any atom is 0.264 e. The molecule has 0 amide bonds. The first-order valence-electron chi connectivity index (χ1n) is 7.56.